The molecule has 0 bridgehead atoms. The summed E-state index contributed by atoms with van der Waals surface area (Å²) in [5.74, 6) is -0.0805. The second-order valence-corrected chi connectivity index (χ2v) is 14.0. The van der Waals surface area contributed by atoms with Crippen LogP contribution < -0.4 is 9.62 Å². The van der Waals surface area contributed by atoms with Crippen molar-refractivity contribution in [3.05, 3.63) is 75.5 Å². The molecule has 1 N–H and O–H groups in total. The molecular weight excluding hydrogens is 555 g/mol. The van der Waals surface area contributed by atoms with Crippen molar-refractivity contribution in [2.45, 2.75) is 50.8 Å². The second-order valence-electron chi connectivity index (χ2n) is 11.2. The third-order valence-corrected chi connectivity index (χ3v) is 10.1. The average molecular weight is 588 g/mol. The van der Waals surface area contributed by atoms with E-state index >= 15 is 0 Å². The quantitative estimate of drug-likeness (QED) is 0.282. The number of nitrogens with zero attached hydrogens (tertiary/aromatic N) is 3. The highest BCUT2D eigenvalue weighted by molar-refractivity contribution is 7.90. The van der Waals surface area contributed by atoms with Crippen LogP contribution >= 0.6 is 23.2 Å². The average Bonchev–Trinajstić information content (AvgIpc) is 3.21. The molecule has 1 aromatic heterocycles. The van der Waals surface area contributed by atoms with Crippen LogP contribution in [0.15, 0.2) is 48.7 Å². The summed E-state index contributed by atoms with van der Waals surface area (Å²) in [6.45, 7) is 7.30. The summed E-state index contributed by atoms with van der Waals surface area (Å²) in [6, 6.07) is 13.7. The Kier molecular flexibility index (Phi) is 7.87. The van der Waals surface area contributed by atoms with Crippen LogP contribution in [0.5, 0.6) is 0 Å². The molecule has 2 aromatic carbocycles. The first kappa shape index (κ1) is 28.2. The molecule has 10 heteroatoms. The number of esters is 1. The fourth-order valence-electron chi connectivity index (χ4n) is 5.57. The molecule has 1 unspecified atom stereocenters. The van der Waals surface area contributed by atoms with E-state index in [-0.39, 0.29) is 21.9 Å². The van der Waals surface area contributed by atoms with Gasteiger partial charge in [-0.05, 0) is 57.2 Å². The second kappa shape index (κ2) is 10.9. The van der Waals surface area contributed by atoms with Gasteiger partial charge in [0.15, 0.2) is 11.5 Å². The monoisotopic (exact) mass is 586 g/mol. The normalized spacial score (nSPS) is 19.2. The van der Waals surface area contributed by atoms with Crippen LogP contribution in [0.3, 0.4) is 0 Å². The van der Waals surface area contributed by atoms with Crippen LogP contribution in [-0.2, 0) is 22.5 Å². The van der Waals surface area contributed by atoms with Gasteiger partial charge in [-0.15, -0.1) is 4.72 Å². The maximum Gasteiger partial charge on any atom is 0.360 e. The molecule has 1 fully saturated rings. The summed E-state index contributed by atoms with van der Waals surface area (Å²) in [5.41, 5.74) is 3.61. The van der Waals surface area contributed by atoms with Crippen molar-refractivity contribution in [2.24, 2.45) is 5.41 Å². The van der Waals surface area contributed by atoms with E-state index < -0.39 is 17.3 Å². The van der Waals surface area contributed by atoms with E-state index in [0.29, 0.717) is 40.2 Å². The first-order valence-corrected chi connectivity index (χ1v) is 14.9. The SMILES string of the molecule is COC(=O)c1nc(-c2cccc(Cl)c2Cl)cnc1N1CCC2(CC1)Cc1ccccc1[C@H]2N[S+]([O-])C(C)(C)C. The van der Waals surface area contributed by atoms with E-state index in [2.05, 4.69) is 37.8 Å². The molecule has 39 heavy (non-hydrogen) atoms. The highest BCUT2D eigenvalue weighted by Crippen LogP contribution is 2.53. The number of hydrogen-bond acceptors (Lipinski definition) is 7. The Balaban J connectivity index is 1.43. The fourth-order valence-corrected chi connectivity index (χ4v) is 6.91. The van der Waals surface area contributed by atoms with Gasteiger partial charge in [0.2, 0.25) is 0 Å². The maximum atomic E-state index is 13.2. The molecule has 5 rings (SSSR count). The molecule has 2 heterocycles. The minimum absolute atomic E-state index is 0.0191. The maximum absolute atomic E-state index is 13.2. The number of nitrogens with one attached hydrogen (secondary N) is 1. The van der Waals surface area contributed by atoms with Crippen LogP contribution in [0.25, 0.3) is 11.3 Å². The van der Waals surface area contributed by atoms with Crippen LogP contribution in [0, 0.1) is 5.41 Å². The van der Waals surface area contributed by atoms with Crippen molar-refractivity contribution in [1.82, 2.24) is 14.7 Å². The zero-order chi connectivity index (χ0) is 27.9. The number of carbonyl (C=O) groups is 1. The predicted octanol–water partition coefficient (Wildman–Crippen LogP) is 6.17. The molecule has 1 saturated heterocycles. The van der Waals surface area contributed by atoms with Gasteiger partial charge >= 0.3 is 5.97 Å². The third kappa shape index (κ3) is 5.37. The summed E-state index contributed by atoms with van der Waals surface area (Å²) in [7, 11) is 1.33. The number of methoxy groups -OCH3 is 1. The topological polar surface area (TPSA) is 90.4 Å². The van der Waals surface area contributed by atoms with Crippen molar-refractivity contribution in [3.8, 4) is 11.3 Å². The molecule has 7 nitrogen and oxygen atoms in total. The van der Waals surface area contributed by atoms with Crippen molar-refractivity contribution in [3.63, 3.8) is 0 Å². The lowest BCUT2D eigenvalue weighted by Gasteiger charge is -2.44. The molecule has 2 atom stereocenters. The molecule has 1 aliphatic carbocycles. The van der Waals surface area contributed by atoms with Crippen molar-refractivity contribution in [2.75, 3.05) is 25.1 Å². The van der Waals surface area contributed by atoms with Crippen molar-refractivity contribution in [1.29, 1.82) is 0 Å². The molecule has 1 aliphatic heterocycles. The van der Waals surface area contributed by atoms with Gasteiger partial charge in [-0.25, -0.2) is 14.8 Å². The van der Waals surface area contributed by atoms with Crippen molar-refractivity contribution < 1.29 is 14.1 Å². The number of hydrogen-bond donors (Lipinski definition) is 1. The minimum atomic E-state index is -1.21. The van der Waals surface area contributed by atoms with E-state index in [0.717, 1.165) is 19.3 Å². The first-order valence-electron chi connectivity index (χ1n) is 12.9. The van der Waals surface area contributed by atoms with Gasteiger partial charge in [0.1, 0.15) is 4.75 Å². The molecular formula is C29H32Cl2N4O3S. The van der Waals surface area contributed by atoms with Crippen LogP contribution in [0.1, 0.15) is 61.3 Å². The lowest BCUT2D eigenvalue weighted by Crippen LogP contribution is -2.50. The third-order valence-electron chi connectivity index (χ3n) is 7.72. The minimum Gasteiger partial charge on any atom is -0.598 e. The zero-order valence-electron chi connectivity index (χ0n) is 22.5. The predicted molar refractivity (Wildman–Crippen MR) is 157 cm³/mol. The van der Waals surface area contributed by atoms with Gasteiger partial charge in [-0.3, -0.25) is 0 Å². The standard InChI is InChI=1S/C29H32Cl2N4O3S/c1-28(2,3)39(37)34-25-19-9-6-5-8-18(19)16-29(25)12-14-35(15-13-29)26-24(27(36)38-4)33-22(17-32-26)20-10-7-11-21(30)23(20)31/h5-11,17,25,34H,12-16H2,1-4H3/t25-,39?/m1/s1. The molecule has 0 saturated carbocycles. The number of aromatic nitrogens is 2. The smallest absolute Gasteiger partial charge is 0.360 e. The fraction of sp³-hybridized carbons (Fsp3) is 0.414. The molecule has 0 radical (unpaired) electrons. The summed E-state index contributed by atoms with van der Waals surface area (Å²) in [5, 5.41) is 0.748. The summed E-state index contributed by atoms with van der Waals surface area (Å²) >= 11 is 11.4. The molecule has 3 aromatic rings. The Morgan fingerprint density at radius 2 is 1.87 bits per heavy atom. The van der Waals surface area contributed by atoms with E-state index in [9.17, 15) is 9.35 Å². The Morgan fingerprint density at radius 1 is 1.15 bits per heavy atom. The number of carbonyl (C=O) groups excluding carboxylic acids is 1. The van der Waals surface area contributed by atoms with E-state index in [1.165, 1.54) is 18.2 Å². The van der Waals surface area contributed by atoms with Gasteiger partial charge in [-0.2, -0.15) is 0 Å². The zero-order valence-corrected chi connectivity index (χ0v) is 24.8. The highest BCUT2D eigenvalue weighted by atomic mass is 35.5. The van der Waals surface area contributed by atoms with E-state index in [4.69, 9.17) is 27.9 Å². The van der Waals surface area contributed by atoms with E-state index in [1.807, 2.05) is 26.8 Å². The summed E-state index contributed by atoms with van der Waals surface area (Å²) in [6.07, 6.45) is 4.21. The van der Waals surface area contributed by atoms with Crippen LogP contribution in [0.2, 0.25) is 10.0 Å². The number of rotatable bonds is 5. The number of benzene rings is 2. The van der Waals surface area contributed by atoms with Crippen LogP contribution in [-0.4, -0.2) is 45.4 Å². The van der Waals surface area contributed by atoms with Gasteiger partial charge in [0.05, 0.1) is 35.1 Å². The Hall–Kier alpha value is -2.36. The number of fused-ring (bicyclic) bond motifs is 1. The Bertz CT molecular complexity index is 1390. The Labute approximate surface area is 242 Å². The van der Waals surface area contributed by atoms with Gasteiger partial charge in [-0.1, -0.05) is 59.6 Å². The first-order chi connectivity index (χ1) is 18.5. The van der Waals surface area contributed by atoms with Gasteiger partial charge < -0.3 is 14.2 Å². The van der Waals surface area contributed by atoms with Gasteiger partial charge in [0, 0.05) is 35.4 Å². The lowest BCUT2D eigenvalue weighted by molar-refractivity contribution is 0.0594. The number of piperidine rings is 1. The summed E-state index contributed by atoms with van der Waals surface area (Å²) < 4.78 is 21.4. The number of anilines is 1. The Morgan fingerprint density at radius 3 is 2.56 bits per heavy atom. The molecule has 1 spiro atoms. The molecule has 2 aliphatic rings. The summed E-state index contributed by atoms with van der Waals surface area (Å²) in [4.78, 5) is 24.2. The van der Waals surface area contributed by atoms with Gasteiger partial charge in [0.25, 0.3) is 0 Å². The van der Waals surface area contributed by atoms with Crippen LogP contribution in [0.4, 0.5) is 5.82 Å². The number of ether oxygens (including phenoxy) is 1. The van der Waals surface area contributed by atoms with E-state index in [1.54, 1.807) is 24.4 Å². The van der Waals surface area contributed by atoms with Crippen molar-refractivity contribution >= 4 is 46.4 Å². The molecule has 206 valence electrons. The highest BCUT2D eigenvalue weighted by Gasteiger charge is 2.50. The molecule has 0 amide bonds. The lowest BCUT2D eigenvalue weighted by atomic mass is 9.73. The number of halogens is 2. The largest absolute Gasteiger partial charge is 0.598 e.